The van der Waals surface area contributed by atoms with Crippen LogP contribution in [0.3, 0.4) is 0 Å². The highest BCUT2D eigenvalue weighted by Crippen LogP contribution is 2.25. The fourth-order valence-corrected chi connectivity index (χ4v) is 1.02. The van der Waals surface area contributed by atoms with Crippen molar-refractivity contribution < 1.29 is 5.11 Å². The lowest BCUT2D eigenvalue weighted by Gasteiger charge is -2.05. The van der Waals surface area contributed by atoms with Gasteiger partial charge in [0.2, 0.25) is 0 Å². The van der Waals surface area contributed by atoms with E-state index in [1.165, 1.54) is 18.2 Å². The molecule has 0 spiro atoms. The molecule has 3 N–H and O–H groups in total. The fraction of sp³-hybridized carbons (Fsp3) is 0.125. The van der Waals surface area contributed by atoms with Crippen molar-refractivity contribution in [2.24, 2.45) is 5.73 Å². The summed E-state index contributed by atoms with van der Waals surface area (Å²) in [4.78, 5) is 0. The number of phenols is 1. The summed E-state index contributed by atoms with van der Waals surface area (Å²) >= 11 is 5.64. The van der Waals surface area contributed by atoms with Crippen LogP contribution in [-0.2, 0) is 0 Å². The number of nitriles is 1. The molecule has 0 aliphatic carbocycles. The maximum Gasteiger partial charge on any atom is 0.122 e. The van der Waals surface area contributed by atoms with E-state index >= 15 is 0 Å². The Balaban J connectivity index is 3.15. The van der Waals surface area contributed by atoms with Crippen LogP contribution < -0.4 is 5.73 Å². The second-order valence-electron chi connectivity index (χ2n) is 2.31. The molecule has 1 aromatic carbocycles. The van der Waals surface area contributed by atoms with Crippen LogP contribution in [0.15, 0.2) is 18.2 Å². The van der Waals surface area contributed by atoms with Gasteiger partial charge in [-0.15, -0.1) is 0 Å². The molecule has 12 heavy (non-hydrogen) atoms. The molecular weight excluding hydrogens is 176 g/mol. The zero-order chi connectivity index (χ0) is 9.14. The Bertz CT molecular complexity index is 332. The topological polar surface area (TPSA) is 70.0 Å². The van der Waals surface area contributed by atoms with Gasteiger partial charge in [0.25, 0.3) is 0 Å². The molecule has 1 rings (SSSR count). The van der Waals surface area contributed by atoms with Crippen LogP contribution in [-0.4, -0.2) is 5.11 Å². The van der Waals surface area contributed by atoms with Gasteiger partial charge in [-0.3, -0.25) is 0 Å². The predicted molar refractivity (Wildman–Crippen MR) is 45.7 cm³/mol. The third kappa shape index (κ3) is 1.67. The van der Waals surface area contributed by atoms with Crippen LogP contribution in [0, 0.1) is 11.3 Å². The summed E-state index contributed by atoms with van der Waals surface area (Å²) in [7, 11) is 0. The van der Waals surface area contributed by atoms with E-state index in [4.69, 9.17) is 22.6 Å². The lowest BCUT2D eigenvalue weighted by Crippen LogP contribution is -2.07. The monoisotopic (exact) mass is 182 g/mol. The van der Waals surface area contributed by atoms with Gasteiger partial charge in [-0.05, 0) is 18.2 Å². The molecule has 0 radical (unpaired) electrons. The molecule has 0 amide bonds. The van der Waals surface area contributed by atoms with Crippen molar-refractivity contribution >= 4 is 11.6 Å². The summed E-state index contributed by atoms with van der Waals surface area (Å²) < 4.78 is 0. The first-order valence-corrected chi connectivity index (χ1v) is 3.66. The normalized spacial score (nSPS) is 12.1. The Morgan fingerprint density at radius 2 is 2.25 bits per heavy atom. The molecule has 0 heterocycles. The van der Waals surface area contributed by atoms with E-state index in [1.54, 1.807) is 0 Å². The molecule has 1 atom stereocenters. The van der Waals surface area contributed by atoms with E-state index in [1.807, 2.05) is 6.07 Å². The average Bonchev–Trinajstić information content (AvgIpc) is 2.08. The highest BCUT2D eigenvalue weighted by molar-refractivity contribution is 6.30. The summed E-state index contributed by atoms with van der Waals surface area (Å²) in [6.45, 7) is 0. The minimum absolute atomic E-state index is 0.00606. The van der Waals surface area contributed by atoms with Crippen LogP contribution in [0.1, 0.15) is 11.6 Å². The average molecular weight is 183 g/mol. The second-order valence-corrected chi connectivity index (χ2v) is 2.75. The standard InChI is InChI=1S/C8H7ClN2O/c9-5-1-2-8(12)6(3-5)7(11)4-10/h1-3,7,12H,11H2. The number of rotatable bonds is 1. The number of halogens is 1. The summed E-state index contributed by atoms with van der Waals surface area (Å²) in [5, 5.41) is 18.2. The van der Waals surface area contributed by atoms with Gasteiger partial charge < -0.3 is 10.8 Å². The highest BCUT2D eigenvalue weighted by atomic mass is 35.5. The van der Waals surface area contributed by atoms with E-state index in [-0.39, 0.29) is 5.75 Å². The number of hydrogen-bond acceptors (Lipinski definition) is 3. The minimum atomic E-state index is -0.830. The Labute approximate surface area is 75.0 Å². The second kappa shape index (κ2) is 3.44. The zero-order valence-electron chi connectivity index (χ0n) is 6.16. The van der Waals surface area contributed by atoms with E-state index < -0.39 is 6.04 Å². The van der Waals surface area contributed by atoms with E-state index in [0.717, 1.165) is 0 Å². The van der Waals surface area contributed by atoms with Crippen LogP contribution in [0.25, 0.3) is 0 Å². The van der Waals surface area contributed by atoms with Crippen molar-refractivity contribution in [2.45, 2.75) is 6.04 Å². The van der Waals surface area contributed by atoms with Gasteiger partial charge >= 0.3 is 0 Å². The molecule has 0 fully saturated rings. The van der Waals surface area contributed by atoms with E-state index in [9.17, 15) is 5.11 Å². The van der Waals surface area contributed by atoms with Gasteiger partial charge in [-0.25, -0.2) is 0 Å². The largest absolute Gasteiger partial charge is 0.508 e. The smallest absolute Gasteiger partial charge is 0.122 e. The summed E-state index contributed by atoms with van der Waals surface area (Å²) in [5.74, 6) is -0.00606. The third-order valence-corrected chi connectivity index (χ3v) is 1.70. The fourth-order valence-electron chi connectivity index (χ4n) is 0.844. The Hall–Kier alpha value is -1.24. The Morgan fingerprint density at radius 1 is 1.58 bits per heavy atom. The SMILES string of the molecule is N#CC(N)c1cc(Cl)ccc1O. The summed E-state index contributed by atoms with van der Waals surface area (Å²) in [6.07, 6.45) is 0. The number of nitrogens with zero attached hydrogens (tertiary/aromatic N) is 1. The third-order valence-electron chi connectivity index (χ3n) is 1.46. The Morgan fingerprint density at radius 3 is 2.83 bits per heavy atom. The molecule has 3 nitrogen and oxygen atoms in total. The molecule has 4 heteroatoms. The molecule has 0 saturated heterocycles. The van der Waals surface area contributed by atoms with E-state index in [2.05, 4.69) is 0 Å². The predicted octanol–water partition coefficient (Wildman–Crippen LogP) is 1.57. The molecule has 1 unspecified atom stereocenters. The van der Waals surface area contributed by atoms with Crippen molar-refractivity contribution in [3.63, 3.8) is 0 Å². The van der Waals surface area contributed by atoms with Crippen LogP contribution in [0.5, 0.6) is 5.75 Å². The number of phenolic OH excluding ortho intramolecular Hbond substituents is 1. The first-order chi connectivity index (χ1) is 5.65. The van der Waals surface area contributed by atoms with Gasteiger partial charge in [0.05, 0.1) is 6.07 Å². The van der Waals surface area contributed by atoms with Crippen molar-refractivity contribution in [3.8, 4) is 11.8 Å². The van der Waals surface area contributed by atoms with Gasteiger partial charge in [0.1, 0.15) is 11.8 Å². The van der Waals surface area contributed by atoms with Crippen LogP contribution in [0.2, 0.25) is 5.02 Å². The molecule has 62 valence electrons. The number of hydrogen-bond donors (Lipinski definition) is 2. The lowest BCUT2D eigenvalue weighted by atomic mass is 10.1. The molecule has 0 aromatic heterocycles. The van der Waals surface area contributed by atoms with Gasteiger partial charge in [0, 0.05) is 10.6 Å². The molecular formula is C8H7ClN2O. The molecule has 1 aromatic rings. The van der Waals surface area contributed by atoms with Crippen molar-refractivity contribution in [1.29, 1.82) is 5.26 Å². The summed E-state index contributed by atoms with van der Waals surface area (Å²) in [6, 6.07) is 5.40. The number of nitrogens with two attached hydrogens (primary N) is 1. The molecule has 0 bridgehead atoms. The van der Waals surface area contributed by atoms with Crippen molar-refractivity contribution in [2.75, 3.05) is 0 Å². The van der Waals surface area contributed by atoms with Gasteiger partial charge in [-0.1, -0.05) is 11.6 Å². The molecule has 0 saturated carbocycles. The molecule has 0 aliphatic heterocycles. The maximum atomic E-state index is 9.25. The lowest BCUT2D eigenvalue weighted by molar-refractivity contribution is 0.466. The first-order valence-electron chi connectivity index (χ1n) is 3.28. The summed E-state index contributed by atoms with van der Waals surface area (Å²) in [5.41, 5.74) is 5.74. The zero-order valence-corrected chi connectivity index (χ0v) is 6.92. The van der Waals surface area contributed by atoms with Gasteiger partial charge in [0.15, 0.2) is 0 Å². The minimum Gasteiger partial charge on any atom is -0.508 e. The number of benzene rings is 1. The quantitative estimate of drug-likeness (QED) is 0.693. The van der Waals surface area contributed by atoms with Gasteiger partial charge in [-0.2, -0.15) is 5.26 Å². The van der Waals surface area contributed by atoms with Crippen LogP contribution >= 0.6 is 11.6 Å². The van der Waals surface area contributed by atoms with Crippen molar-refractivity contribution in [3.05, 3.63) is 28.8 Å². The van der Waals surface area contributed by atoms with Crippen LogP contribution in [0.4, 0.5) is 0 Å². The maximum absolute atomic E-state index is 9.25. The highest BCUT2D eigenvalue weighted by Gasteiger charge is 2.09. The first kappa shape index (κ1) is 8.85. The Kier molecular flexibility index (Phi) is 2.54. The molecule has 0 aliphatic rings. The number of aromatic hydroxyl groups is 1. The van der Waals surface area contributed by atoms with Crippen molar-refractivity contribution in [1.82, 2.24) is 0 Å². The van der Waals surface area contributed by atoms with E-state index in [0.29, 0.717) is 10.6 Å².